The van der Waals surface area contributed by atoms with Crippen LogP contribution in [0.1, 0.15) is 43.9 Å². The van der Waals surface area contributed by atoms with Gasteiger partial charge in [-0.1, -0.05) is 6.58 Å². The quantitative estimate of drug-likeness (QED) is 0.0774. The molecule has 1 rings (SSSR count). The summed E-state index contributed by atoms with van der Waals surface area (Å²) < 4.78 is 21.5. The zero-order valence-electron chi connectivity index (χ0n) is 20.9. The van der Waals surface area contributed by atoms with E-state index in [0.717, 1.165) is 0 Å². The average Bonchev–Trinajstić information content (AvgIpc) is 2.85. The Morgan fingerprint density at radius 3 is 2.06 bits per heavy atom. The predicted molar refractivity (Wildman–Crippen MR) is 133 cm³/mol. The Hall–Kier alpha value is -3.25. The second kappa shape index (κ2) is 16.4. The molecule has 11 heteroatoms. The highest BCUT2D eigenvalue weighted by Crippen LogP contribution is 2.12. The van der Waals surface area contributed by atoms with Gasteiger partial charge in [-0.2, -0.15) is 0 Å². The maximum Gasteiger partial charge on any atom is 0.407 e. The van der Waals surface area contributed by atoms with E-state index in [1.807, 2.05) is 0 Å². The largest absolute Gasteiger partial charge is 0.444 e. The Bertz CT molecular complexity index is 896. The second-order valence-corrected chi connectivity index (χ2v) is 8.20. The molecule has 0 aliphatic heterocycles. The molecular weight excluding hydrogens is 470 g/mol. The number of aliphatic hydroxyl groups is 1. The Balaban J connectivity index is 2.33. The fourth-order valence-electron chi connectivity index (χ4n) is 2.81. The maximum atomic E-state index is 12.1. The average molecular weight is 506 g/mol. The minimum Gasteiger partial charge on any atom is -0.444 e. The lowest BCUT2D eigenvalue weighted by molar-refractivity contribution is -0.126. The van der Waals surface area contributed by atoms with Crippen LogP contribution in [0, 0.1) is 10.8 Å². The summed E-state index contributed by atoms with van der Waals surface area (Å²) in [7, 11) is 0. The second-order valence-electron chi connectivity index (χ2n) is 8.20. The number of benzene rings is 1. The van der Waals surface area contributed by atoms with Gasteiger partial charge in [-0.3, -0.25) is 20.4 Å². The monoisotopic (exact) mass is 505 g/mol. The van der Waals surface area contributed by atoms with Crippen LogP contribution in [-0.4, -0.2) is 80.1 Å². The van der Waals surface area contributed by atoms with Crippen LogP contribution >= 0.6 is 0 Å². The van der Waals surface area contributed by atoms with E-state index in [1.54, 1.807) is 20.8 Å². The van der Waals surface area contributed by atoms with Gasteiger partial charge in [0.1, 0.15) is 17.5 Å². The number of carbonyl (C=O) groups excluding carboxylic acids is 3. The number of aldehydes is 2. The van der Waals surface area contributed by atoms with Gasteiger partial charge in [0.15, 0.2) is 18.9 Å². The molecule has 0 saturated heterocycles. The standard InChI is InChI=1S/C25H35N3O8/c1-16(2)24(31)35-17(3)14-33-6-5-7-34-15-18(4)36-25(32)28-11-19-8-20(22(26)12-29)10-21(9-19)23(27)13-30/h8-10,12-13,17-18,24,26-27,31H,1,5-7,11,14-15H2,2-4H3,(H,28,32). The van der Waals surface area contributed by atoms with Crippen molar-refractivity contribution < 1.29 is 38.4 Å². The normalized spacial score (nSPS) is 13.2. The third-order valence-electron chi connectivity index (χ3n) is 4.66. The predicted octanol–water partition coefficient (Wildman–Crippen LogP) is 2.16. The van der Waals surface area contributed by atoms with Gasteiger partial charge in [0.2, 0.25) is 0 Å². The van der Waals surface area contributed by atoms with E-state index in [0.29, 0.717) is 50.0 Å². The van der Waals surface area contributed by atoms with Gasteiger partial charge in [0, 0.05) is 30.9 Å². The molecule has 1 aromatic carbocycles. The summed E-state index contributed by atoms with van der Waals surface area (Å²) in [5.74, 6) is 0. The first-order valence-corrected chi connectivity index (χ1v) is 11.4. The fourth-order valence-corrected chi connectivity index (χ4v) is 2.81. The van der Waals surface area contributed by atoms with Crippen molar-refractivity contribution >= 4 is 30.1 Å². The summed E-state index contributed by atoms with van der Waals surface area (Å²) in [6.45, 7) is 10.1. The lowest BCUT2D eigenvalue weighted by atomic mass is 10.0. The van der Waals surface area contributed by atoms with Crippen LogP contribution in [0.5, 0.6) is 0 Å². The van der Waals surface area contributed by atoms with E-state index in [4.69, 9.17) is 29.8 Å². The minimum atomic E-state index is -1.01. The molecule has 3 atom stereocenters. The molecule has 0 spiro atoms. The van der Waals surface area contributed by atoms with Crippen molar-refractivity contribution in [2.75, 3.05) is 26.4 Å². The number of rotatable bonds is 18. The topological polar surface area (TPSA) is 168 Å². The van der Waals surface area contributed by atoms with Crippen molar-refractivity contribution in [1.82, 2.24) is 5.32 Å². The fraction of sp³-hybridized carbons (Fsp3) is 0.480. The van der Waals surface area contributed by atoms with Gasteiger partial charge in [0.25, 0.3) is 0 Å². The van der Waals surface area contributed by atoms with E-state index in [2.05, 4.69) is 11.9 Å². The summed E-state index contributed by atoms with van der Waals surface area (Å²) in [4.78, 5) is 33.9. The highest BCUT2D eigenvalue weighted by molar-refractivity contribution is 6.37. The molecule has 0 fully saturated rings. The number of hydrogen-bond acceptors (Lipinski definition) is 10. The molecule has 4 N–H and O–H groups in total. The number of nitrogens with one attached hydrogen (secondary N) is 3. The number of amides is 1. The van der Waals surface area contributed by atoms with Crippen LogP contribution in [-0.2, 0) is 35.1 Å². The number of alkyl carbamates (subject to hydrolysis) is 1. The minimum absolute atomic E-state index is 0.00833. The Morgan fingerprint density at radius 2 is 1.56 bits per heavy atom. The molecule has 0 bridgehead atoms. The van der Waals surface area contributed by atoms with Crippen LogP contribution in [0.4, 0.5) is 4.79 Å². The van der Waals surface area contributed by atoms with E-state index in [1.165, 1.54) is 18.2 Å². The van der Waals surface area contributed by atoms with Gasteiger partial charge in [-0.25, -0.2) is 4.79 Å². The smallest absolute Gasteiger partial charge is 0.407 e. The Labute approximate surface area is 210 Å². The molecule has 198 valence electrons. The van der Waals surface area contributed by atoms with Crippen LogP contribution in [0.25, 0.3) is 0 Å². The number of aliphatic hydroxyl groups excluding tert-OH is 1. The van der Waals surface area contributed by atoms with Crippen molar-refractivity contribution in [1.29, 1.82) is 10.8 Å². The molecule has 11 nitrogen and oxygen atoms in total. The SMILES string of the molecule is C=C(C)C(O)OC(C)COCCCOCC(C)OC(=O)NCc1cc(C(=N)C=O)cc(C(=N)C=O)c1. The molecule has 3 unspecified atom stereocenters. The first kappa shape index (κ1) is 30.8. The summed E-state index contributed by atoms with van der Waals surface area (Å²) in [5.41, 5.74) is 0.874. The van der Waals surface area contributed by atoms with Gasteiger partial charge < -0.3 is 29.4 Å². The lowest BCUT2D eigenvalue weighted by Gasteiger charge is -2.18. The van der Waals surface area contributed by atoms with Crippen LogP contribution in [0.3, 0.4) is 0 Å². The zero-order valence-corrected chi connectivity index (χ0v) is 20.9. The highest BCUT2D eigenvalue weighted by atomic mass is 16.6. The van der Waals surface area contributed by atoms with Crippen molar-refractivity contribution in [3.63, 3.8) is 0 Å². The lowest BCUT2D eigenvalue weighted by Crippen LogP contribution is -2.29. The summed E-state index contributed by atoms with van der Waals surface area (Å²) in [5, 5.41) is 27.5. The van der Waals surface area contributed by atoms with Crippen LogP contribution in [0.15, 0.2) is 30.4 Å². The molecule has 36 heavy (non-hydrogen) atoms. The Kier molecular flexibility index (Phi) is 14.0. The van der Waals surface area contributed by atoms with Crippen molar-refractivity contribution in [3.05, 3.63) is 47.0 Å². The third-order valence-corrected chi connectivity index (χ3v) is 4.66. The zero-order chi connectivity index (χ0) is 27.1. The molecule has 0 heterocycles. The molecule has 0 radical (unpaired) electrons. The van der Waals surface area contributed by atoms with Crippen molar-refractivity contribution in [2.24, 2.45) is 0 Å². The van der Waals surface area contributed by atoms with Gasteiger partial charge >= 0.3 is 6.09 Å². The third kappa shape index (κ3) is 11.9. The number of ether oxygens (including phenoxy) is 4. The first-order chi connectivity index (χ1) is 17.1. The van der Waals surface area contributed by atoms with E-state index < -0.39 is 18.5 Å². The van der Waals surface area contributed by atoms with Crippen LogP contribution < -0.4 is 5.32 Å². The molecule has 0 saturated carbocycles. The maximum absolute atomic E-state index is 12.1. The van der Waals surface area contributed by atoms with Crippen molar-refractivity contribution in [3.8, 4) is 0 Å². The van der Waals surface area contributed by atoms with E-state index in [9.17, 15) is 19.5 Å². The first-order valence-electron chi connectivity index (χ1n) is 11.4. The highest BCUT2D eigenvalue weighted by Gasteiger charge is 2.13. The number of hydrogen-bond donors (Lipinski definition) is 4. The molecule has 0 aliphatic rings. The van der Waals surface area contributed by atoms with Gasteiger partial charge in [-0.05, 0) is 56.5 Å². The summed E-state index contributed by atoms with van der Waals surface area (Å²) in [6.07, 6.45) is -1.17. The number of carbonyl (C=O) groups is 3. The van der Waals surface area contributed by atoms with E-state index >= 15 is 0 Å². The summed E-state index contributed by atoms with van der Waals surface area (Å²) in [6, 6.07) is 4.42. The molecule has 0 aromatic heterocycles. The molecule has 1 amide bonds. The molecule has 0 aliphatic carbocycles. The van der Waals surface area contributed by atoms with Gasteiger partial charge in [0.05, 0.1) is 19.3 Å². The van der Waals surface area contributed by atoms with Crippen molar-refractivity contribution in [2.45, 2.75) is 52.2 Å². The Morgan fingerprint density at radius 1 is 1.03 bits per heavy atom. The van der Waals surface area contributed by atoms with Crippen LogP contribution in [0.2, 0.25) is 0 Å². The van der Waals surface area contributed by atoms with E-state index in [-0.39, 0.29) is 41.8 Å². The molecular formula is C25H35N3O8. The van der Waals surface area contributed by atoms with Gasteiger partial charge in [-0.15, -0.1) is 0 Å². The summed E-state index contributed by atoms with van der Waals surface area (Å²) >= 11 is 0. The molecule has 1 aromatic rings.